The van der Waals surface area contributed by atoms with E-state index in [1.54, 1.807) is 4.90 Å². The van der Waals surface area contributed by atoms with Crippen molar-refractivity contribution in [1.29, 1.82) is 0 Å². The van der Waals surface area contributed by atoms with Gasteiger partial charge in [0.25, 0.3) is 0 Å². The summed E-state index contributed by atoms with van der Waals surface area (Å²) in [5.41, 5.74) is -1.98. The van der Waals surface area contributed by atoms with Crippen molar-refractivity contribution in [2.45, 2.75) is 25.6 Å². The maximum atomic E-state index is 12.7. The van der Waals surface area contributed by atoms with Crippen LogP contribution in [-0.4, -0.2) is 41.4 Å². The third-order valence-corrected chi connectivity index (χ3v) is 3.21. The molecule has 1 aromatic carbocycles. The van der Waals surface area contributed by atoms with E-state index in [2.05, 4.69) is 0 Å². The number of alkyl halides is 3. The lowest BCUT2D eigenvalue weighted by Crippen LogP contribution is -2.40. The second-order valence-electron chi connectivity index (χ2n) is 4.94. The molecule has 1 atom stereocenters. The Morgan fingerprint density at radius 2 is 1.80 bits per heavy atom. The Morgan fingerprint density at radius 1 is 1.20 bits per heavy atom. The quantitative estimate of drug-likeness (QED) is 0.844. The van der Waals surface area contributed by atoms with Crippen molar-refractivity contribution in [2.24, 2.45) is 0 Å². The standard InChI is InChI=1S/C14H20F3NO2/c1-3-18(7-8-19)10-13(2,20)11-5-4-6-12(9-11)14(15,16)17/h4-6,9,19-20H,3,7-8,10H2,1-2H3. The van der Waals surface area contributed by atoms with Gasteiger partial charge in [0.15, 0.2) is 0 Å². The number of aliphatic hydroxyl groups is 2. The van der Waals surface area contributed by atoms with Gasteiger partial charge in [0, 0.05) is 13.1 Å². The first kappa shape index (κ1) is 16.9. The summed E-state index contributed by atoms with van der Waals surface area (Å²) in [7, 11) is 0. The van der Waals surface area contributed by atoms with Crippen LogP contribution in [0.25, 0.3) is 0 Å². The molecule has 0 spiro atoms. The third kappa shape index (κ3) is 4.47. The molecule has 0 saturated heterocycles. The summed E-state index contributed by atoms with van der Waals surface area (Å²) in [5.74, 6) is 0. The fourth-order valence-electron chi connectivity index (χ4n) is 2.05. The lowest BCUT2D eigenvalue weighted by atomic mass is 9.93. The predicted octanol–water partition coefficient (Wildman–Crippen LogP) is 2.23. The lowest BCUT2D eigenvalue weighted by molar-refractivity contribution is -0.137. The van der Waals surface area contributed by atoms with Crippen molar-refractivity contribution in [2.75, 3.05) is 26.2 Å². The van der Waals surface area contributed by atoms with Crippen LogP contribution in [0.15, 0.2) is 24.3 Å². The SMILES string of the molecule is CCN(CCO)CC(C)(O)c1cccc(C(F)(F)F)c1. The van der Waals surface area contributed by atoms with Gasteiger partial charge in [-0.2, -0.15) is 13.2 Å². The highest BCUT2D eigenvalue weighted by molar-refractivity contribution is 5.29. The Balaban J connectivity index is 2.97. The molecule has 114 valence electrons. The summed E-state index contributed by atoms with van der Waals surface area (Å²) in [5, 5.41) is 19.3. The second-order valence-corrected chi connectivity index (χ2v) is 4.94. The summed E-state index contributed by atoms with van der Waals surface area (Å²) in [6.07, 6.45) is -4.43. The molecule has 1 unspecified atom stereocenters. The predicted molar refractivity (Wildman–Crippen MR) is 70.2 cm³/mol. The van der Waals surface area contributed by atoms with Gasteiger partial charge in [0.05, 0.1) is 17.8 Å². The van der Waals surface area contributed by atoms with Crippen molar-refractivity contribution < 1.29 is 23.4 Å². The van der Waals surface area contributed by atoms with E-state index < -0.39 is 17.3 Å². The van der Waals surface area contributed by atoms with Crippen LogP contribution in [0.2, 0.25) is 0 Å². The van der Waals surface area contributed by atoms with Crippen LogP contribution in [0.5, 0.6) is 0 Å². The van der Waals surface area contributed by atoms with Gasteiger partial charge in [0.2, 0.25) is 0 Å². The number of aliphatic hydroxyl groups excluding tert-OH is 1. The van der Waals surface area contributed by atoms with Gasteiger partial charge < -0.3 is 10.2 Å². The smallest absolute Gasteiger partial charge is 0.395 e. The Hall–Kier alpha value is -1.11. The largest absolute Gasteiger partial charge is 0.416 e. The van der Waals surface area contributed by atoms with E-state index in [4.69, 9.17) is 5.11 Å². The number of hydrogen-bond donors (Lipinski definition) is 2. The third-order valence-electron chi connectivity index (χ3n) is 3.21. The molecule has 0 radical (unpaired) electrons. The molecular formula is C14H20F3NO2. The van der Waals surface area contributed by atoms with E-state index in [1.807, 2.05) is 6.92 Å². The minimum atomic E-state index is -4.43. The van der Waals surface area contributed by atoms with Gasteiger partial charge in [-0.15, -0.1) is 0 Å². The molecule has 0 saturated carbocycles. The van der Waals surface area contributed by atoms with E-state index >= 15 is 0 Å². The maximum Gasteiger partial charge on any atom is 0.416 e. The molecule has 0 aromatic heterocycles. The molecule has 0 fully saturated rings. The van der Waals surface area contributed by atoms with E-state index in [9.17, 15) is 18.3 Å². The normalized spacial score (nSPS) is 15.4. The molecule has 0 bridgehead atoms. The molecule has 2 N–H and O–H groups in total. The van der Waals surface area contributed by atoms with Gasteiger partial charge in [-0.05, 0) is 31.2 Å². The first-order chi connectivity index (χ1) is 9.20. The van der Waals surface area contributed by atoms with Gasteiger partial charge >= 0.3 is 6.18 Å². The first-order valence-corrected chi connectivity index (χ1v) is 6.44. The van der Waals surface area contributed by atoms with Gasteiger partial charge in [-0.1, -0.05) is 19.1 Å². The van der Waals surface area contributed by atoms with Gasteiger partial charge in [-0.25, -0.2) is 0 Å². The number of rotatable bonds is 6. The molecule has 0 aliphatic heterocycles. The Labute approximate surface area is 116 Å². The molecule has 0 aliphatic rings. The van der Waals surface area contributed by atoms with Crippen LogP contribution < -0.4 is 0 Å². The van der Waals surface area contributed by atoms with Crippen LogP contribution >= 0.6 is 0 Å². The highest BCUT2D eigenvalue weighted by Crippen LogP contribution is 2.32. The highest BCUT2D eigenvalue weighted by Gasteiger charge is 2.33. The van der Waals surface area contributed by atoms with E-state index in [1.165, 1.54) is 19.1 Å². The number of hydrogen-bond acceptors (Lipinski definition) is 3. The maximum absolute atomic E-state index is 12.7. The number of nitrogens with zero attached hydrogens (tertiary/aromatic N) is 1. The van der Waals surface area contributed by atoms with Crippen LogP contribution in [-0.2, 0) is 11.8 Å². The van der Waals surface area contributed by atoms with E-state index in [0.717, 1.165) is 12.1 Å². The van der Waals surface area contributed by atoms with Crippen molar-refractivity contribution >= 4 is 0 Å². The molecule has 0 heterocycles. The second kappa shape index (κ2) is 6.56. The molecule has 3 nitrogen and oxygen atoms in total. The fourth-order valence-corrected chi connectivity index (χ4v) is 2.05. The first-order valence-electron chi connectivity index (χ1n) is 6.44. The monoisotopic (exact) mass is 291 g/mol. The molecule has 0 amide bonds. The van der Waals surface area contributed by atoms with E-state index in [0.29, 0.717) is 13.1 Å². The minimum Gasteiger partial charge on any atom is -0.395 e. The Kier molecular flexibility index (Phi) is 5.56. The summed E-state index contributed by atoms with van der Waals surface area (Å²) in [6.45, 7) is 4.39. The Morgan fingerprint density at radius 3 is 2.30 bits per heavy atom. The molecule has 1 aromatic rings. The summed E-state index contributed by atoms with van der Waals surface area (Å²) in [4.78, 5) is 1.78. The van der Waals surface area contributed by atoms with Crippen LogP contribution in [0.3, 0.4) is 0 Å². The molecular weight excluding hydrogens is 271 g/mol. The lowest BCUT2D eigenvalue weighted by Gasteiger charge is -2.31. The highest BCUT2D eigenvalue weighted by atomic mass is 19.4. The molecule has 0 aliphatic carbocycles. The van der Waals surface area contributed by atoms with Crippen molar-refractivity contribution in [3.05, 3.63) is 35.4 Å². The van der Waals surface area contributed by atoms with Crippen molar-refractivity contribution in [1.82, 2.24) is 4.90 Å². The van der Waals surface area contributed by atoms with Crippen molar-refractivity contribution in [3.63, 3.8) is 0 Å². The zero-order chi connectivity index (χ0) is 15.4. The topological polar surface area (TPSA) is 43.7 Å². The molecule has 20 heavy (non-hydrogen) atoms. The van der Waals surface area contributed by atoms with Crippen LogP contribution in [0.1, 0.15) is 25.0 Å². The fraction of sp³-hybridized carbons (Fsp3) is 0.571. The number of benzene rings is 1. The summed E-state index contributed by atoms with van der Waals surface area (Å²) >= 11 is 0. The van der Waals surface area contributed by atoms with Gasteiger partial charge in [-0.3, -0.25) is 4.90 Å². The average Bonchev–Trinajstić information content (AvgIpc) is 2.37. The van der Waals surface area contributed by atoms with Crippen LogP contribution in [0.4, 0.5) is 13.2 Å². The van der Waals surface area contributed by atoms with E-state index in [-0.39, 0.29) is 18.7 Å². The summed E-state index contributed by atoms with van der Waals surface area (Å²) < 4.78 is 38.0. The van der Waals surface area contributed by atoms with Crippen LogP contribution in [0, 0.1) is 0 Å². The minimum absolute atomic E-state index is 0.0630. The zero-order valence-electron chi connectivity index (χ0n) is 11.6. The molecule has 6 heteroatoms. The number of halogens is 3. The Bertz CT molecular complexity index is 433. The zero-order valence-corrected chi connectivity index (χ0v) is 11.6. The van der Waals surface area contributed by atoms with Crippen molar-refractivity contribution in [3.8, 4) is 0 Å². The van der Waals surface area contributed by atoms with Gasteiger partial charge in [0.1, 0.15) is 0 Å². The summed E-state index contributed by atoms with van der Waals surface area (Å²) in [6, 6.07) is 4.70. The number of likely N-dealkylation sites (N-methyl/N-ethyl adjacent to an activating group) is 1. The average molecular weight is 291 g/mol. The molecule has 1 rings (SSSR count).